The van der Waals surface area contributed by atoms with E-state index >= 15 is 0 Å². The van der Waals surface area contributed by atoms with Gasteiger partial charge in [0.15, 0.2) is 0 Å². The van der Waals surface area contributed by atoms with E-state index in [1.165, 1.54) is 64.2 Å². The molecule has 0 aromatic heterocycles. The molecule has 0 radical (unpaired) electrons. The van der Waals surface area contributed by atoms with Crippen LogP contribution in [0.2, 0.25) is 0 Å². The average Bonchev–Trinajstić information content (AvgIpc) is 3.15. The van der Waals surface area contributed by atoms with Crippen LogP contribution in [-0.2, 0) is 66.5 Å². The highest BCUT2D eigenvalue weighted by Gasteiger charge is 2.14. The van der Waals surface area contributed by atoms with Crippen LogP contribution in [0.25, 0.3) is 0 Å². The van der Waals surface area contributed by atoms with Gasteiger partial charge >= 0.3 is 11.9 Å². The average molecular weight is 769 g/mol. The molecule has 15 nitrogen and oxygen atoms in total. The molecule has 0 unspecified atom stereocenters. The van der Waals surface area contributed by atoms with E-state index in [9.17, 15) is 14.4 Å². The topological polar surface area (TPSA) is 173 Å². The molecule has 0 atom stereocenters. The lowest BCUT2D eigenvalue weighted by Crippen LogP contribution is -2.17. The van der Waals surface area contributed by atoms with E-state index < -0.39 is 17.7 Å². The number of aliphatic carboxylic acids is 1. The minimum atomic E-state index is -1.56. The molecule has 0 aliphatic carbocycles. The third-order valence-electron chi connectivity index (χ3n) is 7.53. The normalized spacial score (nSPS) is 11.3. The highest BCUT2D eigenvalue weighted by atomic mass is 16.6. The molecule has 0 bridgehead atoms. The van der Waals surface area contributed by atoms with E-state index in [2.05, 4.69) is 6.92 Å². The summed E-state index contributed by atoms with van der Waals surface area (Å²) in [5.74, 6) is -3.23. The number of carboxylic acid groups (broad SMARTS) is 1. The molecule has 0 fully saturated rings. The van der Waals surface area contributed by atoms with Gasteiger partial charge in [0, 0.05) is 13.0 Å². The zero-order chi connectivity index (χ0) is 38.6. The van der Waals surface area contributed by atoms with E-state index in [0.717, 1.165) is 13.0 Å². The molecule has 0 heterocycles. The van der Waals surface area contributed by atoms with Gasteiger partial charge in [-0.2, -0.15) is 0 Å². The van der Waals surface area contributed by atoms with E-state index in [-0.39, 0.29) is 26.1 Å². The standard InChI is InChI=1S/C38H72O15/c1-2-3-4-5-6-7-8-9-10-11-12-15-43-16-17-44-18-19-45-20-21-46-22-23-47-24-25-48-26-27-49-28-29-50-30-31-51-32-33-52-34-35-53-37(40)14-13-36(39)38(41)42/h2-35H2,1H3,(H,41,42). The second kappa shape index (κ2) is 44.6. The largest absolute Gasteiger partial charge is 0.476 e. The van der Waals surface area contributed by atoms with Crippen LogP contribution in [0.3, 0.4) is 0 Å². The fourth-order valence-corrected chi connectivity index (χ4v) is 4.56. The lowest BCUT2D eigenvalue weighted by atomic mass is 10.1. The molecule has 314 valence electrons. The SMILES string of the molecule is CCCCCCCCCCCCCOCCOCCOCCOCCOCCOCCOCCOCCOCCOCCOC(=O)CCC(=O)C(=O)O. The molecule has 15 heteroatoms. The van der Waals surface area contributed by atoms with Crippen molar-refractivity contribution in [2.75, 3.05) is 139 Å². The first-order valence-corrected chi connectivity index (χ1v) is 19.8. The third kappa shape index (κ3) is 44.5. The van der Waals surface area contributed by atoms with Crippen LogP contribution in [0.5, 0.6) is 0 Å². The summed E-state index contributed by atoms with van der Waals surface area (Å²) >= 11 is 0. The number of carboxylic acids is 1. The summed E-state index contributed by atoms with van der Waals surface area (Å²) in [6, 6.07) is 0. The van der Waals surface area contributed by atoms with Crippen molar-refractivity contribution < 1.29 is 71.6 Å². The van der Waals surface area contributed by atoms with Crippen molar-refractivity contribution in [1.82, 2.24) is 0 Å². The number of hydrogen-bond acceptors (Lipinski definition) is 14. The molecule has 0 aliphatic heterocycles. The summed E-state index contributed by atoms with van der Waals surface area (Å²) in [6.45, 7) is 12.0. The van der Waals surface area contributed by atoms with Crippen molar-refractivity contribution in [3.8, 4) is 0 Å². The van der Waals surface area contributed by atoms with Gasteiger partial charge < -0.3 is 57.2 Å². The number of Topliss-reactive ketones (excluding diaryl/α,β-unsaturated/α-hetero) is 1. The minimum Gasteiger partial charge on any atom is -0.476 e. The maximum Gasteiger partial charge on any atom is 0.372 e. The van der Waals surface area contributed by atoms with Gasteiger partial charge in [-0.25, -0.2) is 4.79 Å². The Bertz CT molecular complexity index is 787. The first kappa shape index (κ1) is 51.2. The van der Waals surface area contributed by atoms with Crippen LogP contribution in [0.15, 0.2) is 0 Å². The smallest absolute Gasteiger partial charge is 0.372 e. The lowest BCUT2D eigenvalue weighted by molar-refractivity contribution is -0.151. The number of rotatable bonds is 46. The molecule has 53 heavy (non-hydrogen) atoms. The predicted molar refractivity (Wildman–Crippen MR) is 197 cm³/mol. The van der Waals surface area contributed by atoms with Gasteiger partial charge in [-0.05, 0) is 6.42 Å². The van der Waals surface area contributed by atoms with Gasteiger partial charge in [0.05, 0.1) is 132 Å². The Labute approximate surface area is 318 Å². The van der Waals surface area contributed by atoms with Gasteiger partial charge in [-0.3, -0.25) is 9.59 Å². The Balaban J connectivity index is 3.11. The van der Waals surface area contributed by atoms with E-state index in [1.54, 1.807) is 0 Å². The third-order valence-corrected chi connectivity index (χ3v) is 7.53. The Morgan fingerprint density at radius 2 is 0.604 bits per heavy atom. The molecular formula is C38H72O15. The van der Waals surface area contributed by atoms with Crippen LogP contribution in [-0.4, -0.2) is 162 Å². The fraction of sp³-hybridized carbons (Fsp3) is 0.921. The first-order valence-electron chi connectivity index (χ1n) is 19.8. The van der Waals surface area contributed by atoms with E-state index in [1.807, 2.05) is 0 Å². The fourth-order valence-electron chi connectivity index (χ4n) is 4.56. The minimum absolute atomic E-state index is 0.0165. The Hall–Kier alpha value is -1.79. The molecule has 0 amide bonds. The Kier molecular flexibility index (Phi) is 43.1. The number of unbranched alkanes of at least 4 members (excludes halogenated alkanes) is 10. The summed E-state index contributed by atoms with van der Waals surface area (Å²) < 4.78 is 59.5. The molecular weight excluding hydrogens is 696 g/mol. The lowest BCUT2D eigenvalue weighted by Gasteiger charge is -2.09. The number of esters is 1. The molecule has 0 aromatic rings. The van der Waals surface area contributed by atoms with Crippen molar-refractivity contribution in [3.63, 3.8) is 0 Å². The molecule has 0 rings (SSSR count). The number of carbonyl (C=O) groups is 3. The maximum atomic E-state index is 11.4. The van der Waals surface area contributed by atoms with Crippen LogP contribution in [0.1, 0.15) is 90.4 Å². The zero-order valence-corrected chi connectivity index (χ0v) is 32.7. The summed E-state index contributed by atoms with van der Waals surface area (Å²) in [5.41, 5.74) is 0. The number of carbonyl (C=O) groups excluding carboxylic acids is 2. The van der Waals surface area contributed by atoms with Crippen LogP contribution in [0.4, 0.5) is 0 Å². The molecule has 0 spiro atoms. The number of ketones is 1. The molecule has 1 N–H and O–H groups in total. The maximum absolute atomic E-state index is 11.4. The summed E-state index contributed by atoms with van der Waals surface area (Å²) in [4.78, 5) is 32.7. The molecule has 0 saturated carbocycles. The number of hydrogen-bond donors (Lipinski definition) is 1. The highest BCUT2D eigenvalue weighted by molar-refractivity contribution is 6.32. The van der Waals surface area contributed by atoms with Gasteiger partial charge in [-0.1, -0.05) is 71.1 Å². The first-order chi connectivity index (χ1) is 26.1. The van der Waals surface area contributed by atoms with Crippen LogP contribution in [0, 0.1) is 0 Å². The van der Waals surface area contributed by atoms with Crippen molar-refractivity contribution in [2.45, 2.75) is 90.4 Å². The van der Waals surface area contributed by atoms with Gasteiger partial charge in [0.2, 0.25) is 5.78 Å². The van der Waals surface area contributed by atoms with Crippen LogP contribution < -0.4 is 0 Å². The monoisotopic (exact) mass is 768 g/mol. The van der Waals surface area contributed by atoms with Gasteiger partial charge in [0.1, 0.15) is 6.61 Å². The quantitative estimate of drug-likeness (QED) is 0.0523. The van der Waals surface area contributed by atoms with Gasteiger partial charge in [-0.15, -0.1) is 0 Å². The molecule has 0 saturated heterocycles. The molecule has 0 aromatic carbocycles. The second-order valence-electron chi connectivity index (χ2n) is 12.1. The second-order valence-corrected chi connectivity index (χ2v) is 12.1. The van der Waals surface area contributed by atoms with Crippen molar-refractivity contribution in [1.29, 1.82) is 0 Å². The zero-order valence-electron chi connectivity index (χ0n) is 32.7. The van der Waals surface area contributed by atoms with Crippen LogP contribution >= 0.6 is 0 Å². The Morgan fingerprint density at radius 1 is 0.340 bits per heavy atom. The van der Waals surface area contributed by atoms with E-state index in [0.29, 0.717) is 119 Å². The summed E-state index contributed by atoms with van der Waals surface area (Å²) in [6.07, 6.45) is 14.1. The predicted octanol–water partition coefficient (Wildman–Crippen LogP) is 4.44. The summed E-state index contributed by atoms with van der Waals surface area (Å²) in [7, 11) is 0. The van der Waals surface area contributed by atoms with Gasteiger partial charge in [0.25, 0.3) is 0 Å². The summed E-state index contributed by atoms with van der Waals surface area (Å²) in [5, 5.41) is 8.45. The highest BCUT2D eigenvalue weighted by Crippen LogP contribution is 2.11. The molecule has 0 aliphatic rings. The van der Waals surface area contributed by atoms with Crippen molar-refractivity contribution >= 4 is 17.7 Å². The van der Waals surface area contributed by atoms with Crippen molar-refractivity contribution in [3.05, 3.63) is 0 Å². The van der Waals surface area contributed by atoms with Crippen molar-refractivity contribution in [2.24, 2.45) is 0 Å². The van der Waals surface area contributed by atoms with E-state index in [4.69, 9.17) is 57.2 Å². The Morgan fingerprint density at radius 3 is 0.906 bits per heavy atom. The number of ether oxygens (including phenoxy) is 11.